The molecular formula is C61H145NO4SSi. The van der Waals surface area contributed by atoms with Crippen LogP contribution in [0.1, 0.15) is 255 Å². The molecule has 0 spiro atoms. The molecule has 0 bridgehead atoms. The number of ether oxygens (including phenoxy) is 4. The van der Waals surface area contributed by atoms with Crippen molar-refractivity contribution in [2.24, 2.45) is 32.5 Å². The number of hydrogen-bond donors (Lipinski definition) is 0. The van der Waals surface area contributed by atoms with Gasteiger partial charge in [-0.3, -0.25) is 0 Å². The molecule has 0 heterocycles. The van der Waals surface area contributed by atoms with E-state index in [0.29, 0.717) is 45.7 Å². The Morgan fingerprint density at radius 1 is 0.456 bits per heavy atom. The van der Waals surface area contributed by atoms with Gasteiger partial charge in [-0.1, -0.05) is 196 Å². The zero-order valence-corrected chi connectivity index (χ0v) is 57.5. The van der Waals surface area contributed by atoms with Crippen molar-refractivity contribution in [1.29, 1.82) is 0 Å². The zero-order chi connectivity index (χ0) is 57.5. The van der Waals surface area contributed by atoms with Gasteiger partial charge in [0.2, 0.25) is 0 Å². The Morgan fingerprint density at radius 3 is 0.706 bits per heavy atom. The maximum Gasteiger partial charge on any atom is 0.162 e. The number of rotatable bonds is 12. The summed E-state index contributed by atoms with van der Waals surface area (Å²) in [4.78, 5) is 2.00. The van der Waals surface area contributed by atoms with Crippen molar-refractivity contribution in [3.05, 3.63) is 11.1 Å². The molecule has 0 atom stereocenters. The Labute approximate surface area is 444 Å². The number of methoxy groups -OCH3 is 1. The predicted octanol–water partition coefficient (Wildman–Crippen LogP) is 21.6. The van der Waals surface area contributed by atoms with E-state index in [1.165, 1.54) is 24.0 Å². The van der Waals surface area contributed by atoms with E-state index in [-0.39, 0.29) is 18.6 Å². The summed E-state index contributed by atoms with van der Waals surface area (Å²) in [6.45, 7) is 81.2. The minimum atomic E-state index is -0.611. The SMILES string of the molecule is C.CC(C)(C)C.CC(C)(C)C(C)(C)C.CC(C)=C(C)C.CCC(C)(C)C(C)(C)C(C)(C)CC.CCC(C)(C)OC(C)(C)CC.CCOC(C)(C)OCC.CN(C)C.COC.CSC.C[Si](C)(C)C. The van der Waals surface area contributed by atoms with Gasteiger partial charge in [0, 0.05) is 35.5 Å². The Hall–Kier alpha value is 0.107. The van der Waals surface area contributed by atoms with Gasteiger partial charge in [0.15, 0.2) is 5.79 Å². The van der Waals surface area contributed by atoms with E-state index in [0.717, 1.165) is 12.8 Å². The number of hydrogen-bond acceptors (Lipinski definition) is 6. The van der Waals surface area contributed by atoms with Gasteiger partial charge in [0.05, 0.1) is 11.2 Å². The molecule has 0 amide bonds. The minimum Gasteiger partial charge on any atom is -0.388 e. The maximum atomic E-state index is 5.92. The number of allylic oxidation sites excluding steroid dienone is 2. The van der Waals surface area contributed by atoms with Crippen molar-refractivity contribution in [1.82, 2.24) is 4.90 Å². The highest BCUT2D eigenvalue weighted by Crippen LogP contribution is 2.54. The van der Waals surface area contributed by atoms with Crippen LogP contribution in [0.4, 0.5) is 0 Å². The summed E-state index contributed by atoms with van der Waals surface area (Å²) in [6.07, 6.45) is 8.72. The Bertz CT molecular complexity index is 963. The molecule has 68 heavy (non-hydrogen) atoms. The van der Waals surface area contributed by atoms with Crippen LogP contribution in [0.25, 0.3) is 0 Å². The van der Waals surface area contributed by atoms with E-state index in [1.807, 2.05) is 66.2 Å². The number of thioether (sulfide) groups is 1. The first-order valence-corrected chi connectivity index (χ1v) is 31.7. The van der Waals surface area contributed by atoms with Crippen molar-refractivity contribution < 1.29 is 18.9 Å². The molecule has 0 radical (unpaired) electrons. The lowest BCUT2D eigenvalue weighted by Crippen LogP contribution is -2.43. The largest absolute Gasteiger partial charge is 0.388 e. The summed E-state index contributed by atoms with van der Waals surface area (Å²) in [5.74, 6) is -0.399. The number of nitrogens with zero attached hydrogens (tertiary/aromatic N) is 1. The summed E-state index contributed by atoms with van der Waals surface area (Å²) < 4.78 is 20.7. The lowest BCUT2D eigenvalue weighted by Gasteiger charge is -2.52. The van der Waals surface area contributed by atoms with Gasteiger partial charge in [0.1, 0.15) is 0 Å². The van der Waals surface area contributed by atoms with Crippen LogP contribution in [-0.2, 0) is 18.9 Å². The van der Waals surface area contributed by atoms with Crippen LogP contribution in [0.3, 0.4) is 0 Å². The van der Waals surface area contributed by atoms with Crippen LogP contribution < -0.4 is 0 Å². The van der Waals surface area contributed by atoms with Crippen molar-refractivity contribution in [3.8, 4) is 0 Å². The standard InChI is InChI=1S/C13H28.C10H22O.C8H18.C7H16O2.C6H12.C5H12.C4H12Si.C3H9N.C2H6O.C2H6S.CH4/c1-9-11(3,4)13(7,8)12(5,6)10-2;1-7-9(3,4)11-10(5,6)8-2;1-7(2,3)8(4,5)6;1-5-8-7(3,4)9-6-2;1-5(2)6(3)4;2*1-5(2,3)4;1-4(2)3;2*1-3-2;/h9-10H2,1-8H3;7-8H2,1-6H3;1-6H3;5-6H2,1-4H3;1-4H3;2*1-4H3;1-3H3;2*1-2H3;1H4. The van der Waals surface area contributed by atoms with Crippen LogP contribution in [0, 0.1) is 32.5 Å². The summed E-state index contributed by atoms with van der Waals surface area (Å²) in [7, 11) is 8.64. The van der Waals surface area contributed by atoms with Crippen LogP contribution in [-0.4, -0.2) is 91.1 Å². The van der Waals surface area contributed by atoms with Gasteiger partial charge in [-0.05, 0) is 162 Å². The van der Waals surface area contributed by atoms with Crippen LogP contribution in [0.2, 0.25) is 26.2 Å². The first kappa shape index (κ1) is 94.0. The molecule has 0 N–H and O–H groups in total. The van der Waals surface area contributed by atoms with Crippen LogP contribution in [0.5, 0.6) is 0 Å². The topological polar surface area (TPSA) is 40.2 Å². The minimum absolute atomic E-state index is 0. The smallest absolute Gasteiger partial charge is 0.162 e. The summed E-state index contributed by atoms with van der Waals surface area (Å²) in [6, 6.07) is 0. The predicted molar refractivity (Wildman–Crippen MR) is 331 cm³/mol. The first-order valence-electron chi connectivity index (χ1n) is 26.0. The fourth-order valence-electron chi connectivity index (χ4n) is 3.43. The average molecular weight is 1020 g/mol. The highest BCUT2D eigenvalue weighted by atomic mass is 32.2. The third-order valence-electron chi connectivity index (χ3n) is 11.6. The fourth-order valence-corrected chi connectivity index (χ4v) is 3.43. The van der Waals surface area contributed by atoms with Crippen molar-refractivity contribution >= 4 is 19.8 Å². The van der Waals surface area contributed by atoms with Crippen molar-refractivity contribution in [3.63, 3.8) is 0 Å². The third kappa shape index (κ3) is 85.9. The molecule has 428 valence electrons. The first-order chi connectivity index (χ1) is 29.0. The molecule has 0 saturated heterocycles. The highest BCUT2D eigenvalue weighted by Gasteiger charge is 2.45. The molecular weight excluding hydrogens is 871 g/mol. The van der Waals surface area contributed by atoms with Gasteiger partial charge < -0.3 is 23.8 Å². The monoisotopic (exact) mass is 1020 g/mol. The second kappa shape index (κ2) is 45.7. The Kier molecular flexibility index (Phi) is 63.2. The van der Waals surface area contributed by atoms with E-state index in [1.54, 1.807) is 26.0 Å². The van der Waals surface area contributed by atoms with E-state index in [9.17, 15) is 0 Å². The van der Waals surface area contributed by atoms with Crippen molar-refractivity contribution in [2.45, 2.75) is 298 Å². The average Bonchev–Trinajstić information content (AvgIpc) is 3.07. The molecule has 0 rings (SSSR count). The van der Waals surface area contributed by atoms with Gasteiger partial charge in [-0.25, -0.2) is 0 Å². The molecule has 0 aliphatic rings. The highest BCUT2D eigenvalue weighted by molar-refractivity contribution is 7.97. The van der Waals surface area contributed by atoms with E-state index in [4.69, 9.17) is 14.2 Å². The maximum absolute atomic E-state index is 5.92. The summed E-state index contributed by atoms with van der Waals surface area (Å²) in [5.41, 5.74) is 5.52. The second-order valence-corrected chi connectivity index (χ2v) is 34.2. The van der Waals surface area contributed by atoms with Gasteiger partial charge in [-0.2, -0.15) is 11.8 Å². The summed E-state index contributed by atoms with van der Waals surface area (Å²) >= 11 is 1.75. The molecule has 0 aliphatic carbocycles. The quantitative estimate of drug-likeness (QED) is 0.110. The fraction of sp³-hybridized carbons (Fsp3) is 0.967. The molecule has 0 saturated carbocycles. The summed E-state index contributed by atoms with van der Waals surface area (Å²) in [5, 5.41) is 0. The molecule has 5 nitrogen and oxygen atoms in total. The van der Waals surface area contributed by atoms with Crippen molar-refractivity contribution in [2.75, 3.05) is 61.1 Å². The van der Waals surface area contributed by atoms with Crippen LogP contribution in [0.15, 0.2) is 11.1 Å². The van der Waals surface area contributed by atoms with Gasteiger partial charge in [-0.15, -0.1) is 0 Å². The Morgan fingerprint density at radius 2 is 0.618 bits per heavy atom. The third-order valence-corrected chi connectivity index (χ3v) is 11.6. The Balaban J connectivity index is -0.0000000609. The molecule has 0 fully saturated rings. The second-order valence-electron chi connectivity index (χ2n) is 27.4. The molecule has 0 aromatic heterocycles. The molecule has 0 aromatic rings. The van der Waals surface area contributed by atoms with E-state index < -0.39 is 13.9 Å². The van der Waals surface area contributed by atoms with E-state index >= 15 is 0 Å². The normalized spacial score (nSPS) is 11.8. The zero-order valence-electron chi connectivity index (χ0n) is 55.7. The van der Waals surface area contributed by atoms with E-state index in [2.05, 4.69) is 225 Å². The molecule has 0 aromatic carbocycles. The molecule has 0 aliphatic heterocycles. The van der Waals surface area contributed by atoms with Gasteiger partial charge >= 0.3 is 0 Å². The van der Waals surface area contributed by atoms with Gasteiger partial charge in [0.25, 0.3) is 0 Å². The van der Waals surface area contributed by atoms with Crippen LogP contribution >= 0.6 is 11.8 Å². The lowest BCUT2D eigenvalue weighted by molar-refractivity contribution is -0.207. The molecule has 7 heteroatoms. The molecule has 0 unspecified atom stereocenters. The lowest BCUT2D eigenvalue weighted by atomic mass is 9.53.